The maximum absolute atomic E-state index is 12.2. The van der Waals surface area contributed by atoms with Gasteiger partial charge in [-0.05, 0) is 54.6 Å². The highest BCUT2D eigenvalue weighted by molar-refractivity contribution is 14.1. The van der Waals surface area contributed by atoms with Crippen LogP contribution in [0.5, 0.6) is 0 Å². The van der Waals surface area contributed by atoms with Crippen LogP contribution in [-0.2, 0) is 6.54 Å². The van der Waals surface area contributed by atoms with E-state index in [1.807, 2.05) is 55.1 Å². The number of hydrogen-bond acceptors (Lipinski definition) is 2. The number of rotatable bonds is 4. The van der Waals surface area contributed by atoms with Crippen LogP contribution in [0.25, 0.3) is 0 Å². The van der Waals surface area contributed by atoms with Crippen molar-refractivity contribution in [3.8, 4) is 0 Å². The zero-order chi connectivity index (χ0) is 13.8. The Morgan fingerprint density at radius 3 is 2.79 bits per heavy atom. The van der Waals surface area contributed by atoms with Crippen molar-refractivity contribution in [1.29, 1.82) is 0 Å². The molecule has 0 fully saturated rings. The molecule has 0 aliphatic carbocycles. The molecule has 2 aromatic rings. The SMILES string of the molecule is CCn1ccc(C(C)NC(=O)c2ccccc2I)n1. The highest BCUT2D eigenvalue weighted by atomic mass is 127. The van der Waals surface area contributed by atoms with E-state index in [1.165, 1.54) is 0 Å². The summed E-state index contributed by atoms with van der Waals surface area (Å²) in [5.74, 6) is -0.0662. The van der Waals surface area contributed by atoms with Gasteiger partial charge in [0, 0.05) is 16.3 Å². The number of nitrogens with zero attached hydrogens (tertiary/aromatic N) is 2. The topological polar surface area (TPSA) is 46.9 Å². The Labute approximate surface area is 126 Å². The van der Waals surface area contributed by atoms with E-state index in [2.05, 4.69) is 33.0 Å². The first kappa shape index (κ1) is 14.0. The number of hydrogen-bond donors (Lipinski definition) is 1. The summed E-state index contributed by atoms with van der Waals surface area (Å²) in [6.45, 7) is 4.81. The van der Waals surface area contributed by atoms with Crippen LogP contribution in [0.15, 0.2) is 36.5 Å². The number of halogens is 1. The summed E-state index contributed by atoms with van der Waals surface area (Å²) in [6, 6.07) is 9.37. The first-order valence-electron chi connectivity index (χ1n) is 6.20. The molecule has 1 aromatic carbocycles. The van der Waals surface area contributed by atoms with Crippen LogP contribution in [0.1, 0.15) is 35.9 Å². The lowest BCUT2D eigenvalue weighted by molar-refractivity contribution is 0.0938. The first-order chi connectivity index (χ1) is 9.11. The maximum Gasteiger partial charge on any atom is 0.252 e. The van der Waals surface area contributed by atoms with E-state index < -0.39 is 0 Å². The third-order valence-electron chi connectivity index (χ3n) is 2.90. The molecule has 1 unspecified atom stereocenters. The molecule has 5 heteroatoms. The standard InChI is InChI=1S/C14H16IN3O/c1-3-18-9-8-13(17-18)10(2)16-14(19)11-6-4-5-7-12(11)15/h4-10H,3H2,1-2H3,(H,16,19). The monoisotopic (exact) mass is 369 g/mol. The lowest BCUT2D eigenvalue weighted by Gasteiger charge is -2.12. The van der Waals surface area contributed by atoms with Gasteiger partial charge in [0.25, 0.3) is 5.91 Å². The van der Waals surface area contributed by atoms with Gasteiger partial charge >= 0.3 is 0 Å². The number of carbonyl (C=O) groups is 1. The predicted octanol–water partition coefficient (Wildman–Crippen LogP) is 3.00. The van der Waals surface area contributed by atoms with Crippen LogP contribution in [0, 0.1) is 3.57 Å². The lowest BCUT2D eigenvalue weighted by Crippen LogP contribution is -2.27. The highest BCUT2D eigenvalue weighted by Gasteiger charge is 2.15. The Balaban J connectivity index is 2.08. The second kappa shape index (κ2) is 6.18. The van der Waals surface area contributed by atoms with Crippen LogP contribution in [0.3, 0.4) is 0 Å². The van der Waals surface area contributed by atoms with Crippen LogP contribution in [0.4, 0.5) is 0 Å². The van der Waals surface area contributed by atoms with E-state index in [0.717, 1.165) is 15.8 Å². The van der Waals surface area contributed by atoms with E-state index in [1.54, 1.807) is 0 Å². The van der Waals surface area contributed by atoms with Crippen LogP contribution < -0.4 is 5.32 Å². The second-order valence-corrected chi connectivity index (χ2v) is 5.43. The molecule has 100 valence electrons. The van der Waals surface area contributed by atoms with Crippen molar-refractivity contribution in [2.24, 2.45) is 0 Å². The number of amides is 1. The molecule has 1 aromatic heterocycles. The van der Waals surface area contributed by atoms with Gasteiger partial charge in [0.05, 0.1) is 17.3 Å². The molecule has 1 N–H and O–H groups in total. The summed E-state index contributed by atoms with van der Waals surface area (Å²) in [4.78, 5) is 12.2. The summed E-state index contributed by atoms with van der Waals surface area (Å²) in [5, 5.41) is 7.37. The molecule has 0 saturated carbocycles. The number of aromatic nitrogens is 2. The molecule has 0 bridgehead atoms. The van der Waals surface area contributed by atoms with Gasteiger partial charge in [0.15, 0.2) is 0 Å². The molecule has 0 aliphatic heterocycles. The van der Waals surface area contributed by atoms with Crippen molar-refractivity contribution < 1.29 is 4.79 Å². The fourth-order valence-corrected chi connectivity index (χ4v) is 2.41. The van der Waals surface area contributed by atoms with Gasteiger partial charge in [-0.3, -0.25) is 9.48 Å². The maximum atomic E-state index is 12.2. The third-order valence-corrected chi connectivity index (χ3v) is 3.84. The van der Waals surface area contributed by atoms with Crippen LogP contribution >= 0.6 is 22.6 Å². The molecule has 1 atom stereocenters. The van der Waals surface area contributed by atoms with Gasteiger partial charge < -0.3 is 5.32 Å². The van der Waals surface area contributed by atoms with Gasteiger partial charge in [0.1, 0.15) is 0 Å². The number of nitrogens with one attached hydrogen (secondary N) is 1. The quantitative estimate of drug-likeness (QED) is 0.843. The molecule has 1 amide bonds. The fraction of sp³-hybridized carbons (Fsp3) is 0.286. The Bertz CT molecular complexity index is 580. The molecule has 0 spiro atoms. The number of benzene rings is 1. The number of aryl methyl sites for hydroxylation is 1. The molecule has 2 rings (SSSR count). The van der Waals surface area contributed by atoms with Gasteiger partial charge in [-0.1, -0.05) is 12.1 Å². The van der Waals surface area contributed by atoms with Crippen molar-refractivity contribution in [3.05, 3.63) is 51.4 Å². The van der Waals surface area contributed by atoms with E-state index in [-0.39, 0.29) is 11.9 Å². The molecular formula is C14H16IN3O. The molecule has 0 saturated heterocycles. The minimum atomic E-state index is -0.101. The largest absolute Gasteiger partial charge is 0.344 e. The van der Waals surface area contributed by atoms with E-state index in [0.29, 0.717) is 5.56 Å². The van der Waals surface area contributed by atoms with Crippen molar-refractivity contribution in [1.82, 2.24) is 15.1 Å². The van der Waals surface area contributed by atoms with E-state index in [9.17, 15) is 4.79 Å². The van der Waals surface area contributed by atoms with Gasteiger partial charge in [-0.15, -0.1) is 0 Å². The van der Waals surface area contributed by atoms with Crippen molar-refractivity contribution >= 4 is 28.5 Å². The summed E-state index contributed by atoms with van der Waals surface area (Å²) in [5.41, 5.74) is 1.58. The molecular weight excluding hydrogens is 353 g/mol. The third kappa shape index (κ3) is 3.34. The molecule has 0 aliphatic rings. The second-order valence-electron chi connectivity index (χ2n) is 4.27. The number of carbonyl (C=O) groups excluding carboxylic acids is 1. The Morgan fingerprint density at radius 1 is 1.42 bits per heavy atom. The average molecular weight is 369 g/mol. The zero-order valence-electron chi connectivity index (χ0n) is 10.9. The highest BCUT2D eigenvalue weighted by Crippen LogP contribution is 2.14. The summed E-state index contributed by atoms with van der Waals surface area (Å²) in [6.07, 6.45) is 1.92. The van der Waals surface area contributed by atoms with Crippen LogP contribution in [0.2, 0.25) is 0 Å². The minimum absolute atomic E-state index is 0.0662. The minimum Gasteiger partial charge on any atom is -0.344 e. The lowest BCUT2D eigenvalue weighted by atomic mass is 10.2. The Kier molecular flexibility index (Phi) is 4.57. The van der Waals surface area contributed by atoms with E-state index >= 15 is 0 Å². The zero-order valence-corrected chi connectivity index (χ0v) is 13.1. The summed E-state index contributed by atoms with van der Waals surface area (Å²) in [7, 11) is 0. The molecule has 1 heterocycles. The first-order valence-corrected chi connectivity index (χ1v) is 7.28. The molecule has 0 radical (unpaired) electrons. The average Bonchev–Trinajstić information content (AvgIpc) is 2.88. The van der Waals surface area contributed by atoms with Gasteiger partial charge in [-0.25, -0.2) is 0 Å². The van der Waals surface area contributed by atoms with Crippen molar-refractivity contribution in [2.75, 3.05) is 0 Å². The van der Waals surface area contributed by atoms with Crippen LogP contribution in [-0.4, -0.2) is 15.7 Å². The normalized spacial score (nSPS) is 12.2. The summed E-state index contributed by atoms with van der Waals surface area (Å²) < 4.78 is 2.80. The molecule has 19 heavy (non-hydrogen) atoms. The van der Waals surface area contributed by atoms with Gasteiger partial charge in [0.2, 0.25) is 0 Å². The predicted molar refractivity (Wildman–Crippen MR) is 82.9 cm³/mol. The van der Waals surface area contributed by atoms with Gasteiger partial charge in [-0.2, -0.15) is 5.10 Å². The van der Waals surface area contributed by atoms with Crippen molar-refractivity contribution in [2.45, 2.75) is 26.4 Å². The smallest absolute Gasteiger partial charge is 0.252 e. The Morgan fingerprint density at radius 2 is 2.16 bits per heavy atom. The van der Waals surface area contributed by atoms with E-state index in [4.69, 9.17) is 0 Å². The summed E-state index contributed by atoms with van der Waals surface area (Å²) >= 11 is 2.17. The fourth-order valence-electron chi connectivity index (χ4n) is 1.78. The molecule has 4 nitrogen and oxygen atoms in total. The Hall–Kier alpha value is -1.37. The van der Waals surface area contributed by atoms with Crippen molar-refractivity contribution in [3.63, 3.8) is 0 Å².